The Labute approximate surface area is 148 Å². The van der Waals surface area contributed by atoms with Crippen LogP contribution < -0.4 is 15.7 Å². The normalized spacial score (nSPS) is 17.9. The van der Waals surface area contributed by atoms with Gasteiger partial charge in [0.1, 0.15) is 11.4 Å². The van der Waals surface area contributed by atoms with Gasteiger partial charge in [-0.2, -0.15) is 10.2 Å². The molecule has 0 bridgehead atoms. The van der Waals surface area contributed by atoms with E-state index in [9.17, 15) is 10.4 Å². The van der Waals surface area contributed by atoms with Crippen molar-refractivity contribution in [1.29, 1.82) is 0 Å². The Morgan fingerprint density at radius 2 is 1.92 bits per heavy atom. The molecule has 0 spiro atoms. The Balaban J connectivity index is 1.62. The van der Waals surface area contributed by atoms with Crippen LogP contribution in [0.1, 0.15) is 24.0 Å². The number of aryl methyl sites for hydroxylation is 2. The van der Waals surface area contributed by atoms with Gasteiger partial charge in [0.15, 0.2) is 0 Å². The van der Waals surface area contributed by atoms with E-state index in [0.29, 0.717) is 24.5 Å². The average Bonchev–Trinajstić information content (AvgIpc) is 3.07. The van der Waals surface area contributed by atoms with Crippen molar-refractivity contribution in [3.8, 4) is 0 Å². The summed E-state index contributed by atoms with van der Waals surface area (Å²) in [6.45, 7) is 3.02. The van der Waals surface area contributed by atoms with Crippen LogP contribution in [0.25, 0.3) is 0 Å². The van der Waals surface area contributed by atoms with E-state index in [0.717, 1.165) is 49.0 Å². The largest absolute Gasteiger partial charge is 0.383 e. The van der Waals surface area contributed by atoms with E-state index < -0.39 is 0 Å². The van der Waals surface area contributed by atoms with E-state index >= 15 is 0 Å². The quantitative estimate of drug-likeness (QED) is 0.642. The van der Waals surface area contributed by atoms with E-state index in [2.05, 4.69) is 15.3 Å². The molecule has 3 N–H and O–H groups in total. The second-order valence-corrected chi connectivity index (χ2v) is 6.55. The van der Waals surface area contributed by atoms with Gasteiger partial charge in [0.05, 0.1) is 6.61 Å². The minimum absolute atomic E-state index is 0.229. The second kappa shape index (κ2) is 8.01. The third-order valence-corrected chi connectivity index (χ3v) is 4.69. The molecule has 1 aliphatic carbocycles. The molecule has 8 nitrogen and oxygen atoms in total. The maximum Gasteiger partial charge on any atom is 0.244 e. The number of benzene rings is 1. The molecule has 0 fully saturated rings. The van der Waals surface area contributed by atoms with Crippen LogP contribution in [0.4, 0.5) is 11.4 Å². The maximum absolute atomic E-state index is 10.5. The molecule has 138 valence electrons. The van der Waals surface area contributed by atoms with Crippen LogP contribution in [0.5, 0.6) is 0 Å². The summed E-state index contributed by atoms with van der Waals surface area (Å²) in [5, 5.41) is 22.6. The van der Waals surface area contributed by atoms with Crippen LogP contribution >= 0.6 is 0 Å². The molecule has 1 aliphatic heterocycles. The third-order valence-electron chi connectivity index (χ3n) is 4.69. The number of rotatable bonds is 7. The number of likely N-dealkylation sites (N-methyl/N-ethyl adjacent to an activating group) is 1. The van der Waals surface area contributed by atoms with Gasteiger partial charge in [-0.15, -0.1) is 0 Å². The summed E-state index contributed by atoms with van der Waals surface area (Å²) < 4.78 is 5.05. The van der Waals surface area contributed by atoms with Gasteiger partial charge < -0.3 is 9.64 Å². The lowest BCUT2D eigenvalue weighted by molar-refractivity contribution is 0.161. The lowest BCUT2D eigenvalue weighted by atomic mass is 10.1. The maximum atomic E-state index is 10.5. The standard InChI is InChI=1S/C17H27N5O3/c1-20(9-10-25-2)8-4-7-18-17-19-22(24)16-12-14-6-3-5-13(14)11-15(16)21(17)23/h11-12,23-24H,3-10H2,1-2H3,(H,18,19). The Morgan fingerprint density at radius 3 is 2.64 bits per heavy atom. The number of hydroxylamine groups is 1. The number of fused-ring (bicyclic) bond motifs is 2. The van der Waals surface area contributed by atoms with Crippen LogP contribution in [0.3, 0.4) is 0 Å². The predicted molar refractivity (Wildman–Crippen MR) is 96.4 cm³/mol. The van der Waals surface area contributed by atoms with Crippen molar-refractivity contribution in [3.05, 3.63) is 23.3 Å². The van der Waals surface area contributed by atoms with Crippen LogP contribution in [0.15, 0.2) is 17.1 Å². The van der Waals surface area contributed by atoms with Crippen molar-refractivity contribution in [2.75, 3.05) is 50.6 Å². The third kappa shape index (κ3) is 4.04. The van der Waals surface area contributed by atoms with Gasteiger partial charge in [-0.05, 0) is 62.5 Å². The topological polar surface area (TPSA) is 83.8 Å². The number of hydrogen-bond donors (Lipinski definition) is 3. The molecular weight excluding hydrogens is 322 g/mol. The number of hydrazine groups is 1. The Kier molecular flexibility index (Phi) is 5.74. The van der Waals surface area contributed by atoms with Crippen molar-refractivity contribution in [2.24, 2.45) is 4.99 Å². The molecule has 1 heterocycles. The van der Waals surface area contributed by atoms with Crippen molar-refractivity contribution in [1.82, 2.24) is 10.3 Å². The highest BCUT2D eigenvalue weighted by atomic mass is 16.6. The fourth-order valence-electron chi connectivity index (χ4n) is 3.24. The number of ether oxygens (including phenoxy) is 1. The fourth-order valence-corrected chi connectivity index (χ4v) is 3.24. The number of hydrogen-bond acceptors (Lipinski definition) is 6. The summed E-state index contributed by atoms with van der Waals surface area (Å²) in [6.07, 6.45) is 3.98. The molecule has 0 radical (unpaired) electrons. The van der Waals surface area contributed by atoms with Crippen molar-refractivity contribution in [2.45, 2.75) is 25.7 Å². The van der Waals surface area contributed by atoms with E-state index in [1.807, 2.05) is 19.2 Å². The second-order valence-electron chi connectivity index (χ2n) is 6.55. The highest BCUT2D eigenvalue weighted by molar-refractivity contribution is 6.00. The first-order chi connectivity index (χ1) is 12.1. The molecular formula is C17H27N5O3. The Hall–Kier alpha value is -1.87. The smallest absolute Gasteiger partial charge is 0.244 e. The molecule has 0 saturated heterocycles. The molecule has 3 rings (SSSR count). The molecule has 0 amide bonds. The van der Waals surface area contributed by atoms with Gasteiger partial charge in [-0.1, -0.05) is 0 Å². The van der Waals surface area contributed by atoms with Crippen molar-refractivity contribution < 1.29 is 15.2 Å². The first kappa shape index (κ1) is 17.9. The molecule has 1 aromatic rings. The molecule has 8 heteroatoms. The van der Waals surface area contributed by atoms with Crippen LogP contribution in [0.2, 0.25) is 0 Å². The number of guanidine groups is 1. The zero-order chi connectivity index (χ0) is 17.8. The zero-order valence-corrected chi connectivity index (χ0v) is 14.9. The van der Waals surface area contributed by atoms with Crippen molar-refractivity contribution >= 4 is 17.3 Å². The monoisotopic (exact) mass is 349 g/mol. The predicted octanol–water partition coefficient (Wildman–Crippen LogP) is 1.41. The average molecular weight is 349 g/mol. The number of nitrogens with zero attached hydrogens (tertiary/aromatic N) is 4. The summed E-state index contributed by atoms with van der Waals surface area (Å²) in [6, 6.07) is 3.87. The van der Waals surface area contributed by atoms with Gasteiger partial charge >= 0.3 is 0 Å². The summed E-state index contributed by atoms with van der Waals surface area (Å²) in [7, 11) is 3.73. The molecule has 2 aliphatic rings. The first-order valence-electron chi connectivity index (χ1n) is 8.72. The number of anilines is 2. The van der Waals surface area contributed by atoms with Gasteiger partial charge in [-0.25, -0.2) is 10.4 Å². The lowest BCUT2D eigenvalue weighted by Crippen LogP contribution is -2.52. The number of aliphatic imine (C=N–C) groups is 1. The van der Waals surface area contributed by atoms with Crippen LogP contribution in [-0.4, -0.2) is 61.7 Å². The Morgan fingerprint density at radius 1 is 1.20 bits per heavy atom. The highest BCUT2D eigenvalue weighted by Crippen LogP contribution is 2.36. The minimum atomic E-state index is 0.229. The first-order valence-corrected chi connectivity index (χ1v) is 8.72. The van der Waals surface area contributed by atoms with Crippen LogP contribution in [-0.2, 0) is 17.6 Å². The molecule has 1 aromatic carbocycles. The summed E-state index contributed by atoms with van der Waals surface area (Å²) in [5.74, 6) is 0.229. The lowest BCUT2D eigenvalue weighted by Gasteiger charge is -2.33. The molecule has 0 saturated carbocycles. The van der Waals surface area contributed by atoms with Gasteiger partial charge in [0.2, 0.25) is 5.96 Å². The zero-order valence-electron chi connectivity index (χ0n) is 14.9. The SMILES string of the molecule is COCCN(C)CCCN=C1NN(O)c2cc3c(cc2N1O)CCC3. The minimum Gasteiger partial charge on any atom is -0.383 e. The fraction of sp³-hybridized carbons (Fsp3) is 0.588. The number of nitrogens with one attached hydrogen (secondary N) is 1. The van der Waals surface area contributed by atoms with Crippen molar-refractivity contribution in [3.63, 3.8) is 0 Å². The number of methoxy groups -OCH3 is 1. The van der Waals surface area contributed by atoms with E-state index in [4.69, 9.17) is 4.74 Å². The van der Waals surface area contributed by atoms with Gasteiger partial charge in [0, 0.05) is 20.2 Å². The molecule has 0 atom stereocenters. The van der Waals surface area contributed by atoms with Gasteiger partial charge in [-0.3, -0.25) is 10.4 Å². The van der Waals surface area contributed by atoms with E-state index in [-0.39, 0.29) is 5.96 Å². The van der Waals surface area contributed by atoms with E-state index in [1.54, 1.807) is 7.11 Å². The Bertz CT molecular complexity index is 637. The molecule has 0 aromatic heterocycles. The van der Waals surface area contributed by atoms with E-state index in [1.165, 1.54) is 11.1 Å². The summed E-state index contributed by atoms with van der Waals surface area (Å²) in [5.41, 5.74) is 6.27. The summed E-state index contributed by atoms with van der Waals surface area (Å²) >= 11 is 0. The molecule has 0 unspecified atom stereocenters. The highest BCUT2D eigenvalue weighted by Gasteiger charge is 2.28. The molecule has 25 heavy (non-hydrogen) atoms. The summed E-state index contributed by atoms with van der Waals surface area (Å²) in [4.78, 5) is 6.55. The van der Waals surface area contributed by atoms with Gasteiger partial charge in [0.25, 0.3) is 0 Å². The van der Waals surface area contributed by atoms with Crippen LogP contribution in [0, 0.1) is 0 Å².